The molecule has 2 rings (SSSR count). The summed E-state index contributed by atoms with van der Waals surface area (Å²) in [5.41, 5.74) is 3.00. The van der Waals surface area contributed by atoms with Crippen molar-refractivity contribution in [2.24, 2.45) is 0 Å². The van der Waals surface area contributed by atoms with E-state index in [0.29, 0.717) is 6.61 Å². The monoisotopic (exact) mass is 291 g/mol. The summed E-state index contributed by atoms with van der Waals surface area (Å²) in [4.78, 5) is 4.61. The van der Waals surface area contributed by atoms with Crippen LogP contribution in [0.1, 0.15) is 42.6 Å². The Morgan fingerprint density at radius 3 is 2.65 bits per heavy atom. The Kier molecular flexibility index (Phi) is 4.45. The van der Waals surface area contributed by atoms with Crippen molar-refractivity contribution in [3.05, 3.63) is 45.4 Å². The molecule has 0 saturated carbocycles. The first-order chi connectivity index (χ1) is 9.41. The van der Waals surface area contributed by atoms with Crippen LogP contribution in [-0.4, -0.2) is 10.1 Å². The Morgan fingerprint density at radius 1 is 1.30 bits per heavy atom. The van der Waals surface area contributed by atoms with Crippen LogP contribution in [0.15, 0.2) is 23.6 Å². The molecule has 0 aliphatic heterocycles. The van der Waals surface area contributed by atoms with Gasteiger partial charge in [0.05, 0.1) is 12.3 Å². The Bertz CT molecular complexity index is 584. The molecule has 0 aliphatic carbocycles. The fourth-order valence-corrected chi connectivity index (χ4v) is 2.83. The van der Waals surface area contributed by atoms with E-state index < -0.39 is 0 Å². The molecule has 3 nitrogen and oxygen atoms in total. The van der Waals surface area contributed by atoms with Crippen LogP contribution in [0, 0.1) is 6.92 Å². The van der Waals surface area contributed by atoms with Crippen LogP contribution in [0.2, 0.25) is 0 Å². The van der Waals surface area contributed by atoms with E-state index in [4.69, 9.17) is 4.74 Å². The average Bonchev–Trinajstić information content (AvgIpc) is 2.85. The lowest BCUT2D eigenvalue weighted by molar-refractivity contribution is 0.257. The van der Waals surface area contributed by atoms with Crippen molar-refractivity contribution in [2.75, 3.05) is 0 Å². The maximum Gasteiger partial charge on any atom is 0.140 e. The fourth-order valence-electron chi connectivity index (χ4n) is 1.90. The van der Waals surface area contributed by atoms with Gasteiger partial charge in [0.15, 0.2) is 0 Å². The molecule has 0 amide bonds. The Morgan fingerprint density at radius 2 is 2.05 bits per heavy atom. The molecule has 1 heterocycles. The lowest BCUT2D eigenvalue weighted by Gasteiger charge is -2.14. The molecule has 0 radical (unpaired) electrons. The summed E-state index contributed by atoms with van der Waals surface area (Å²) in [6.07, 6.45) is 0. The largest absolute Gasteiger partial charge is 0.486 e. The van der Waals surface area contributed by atoms with Crippen molar-refractivity contribution >= 4 is 11.3 Å². The number of thiazole rings is 1. The Hall–Kier alpha value is -1.39. The van der Waals surface area contributed by atoms with Gasteiger partial charge in [-0.25, -0.2) is 4.98 Å². The molecular weight excluding hydrogens is 270 g/mol. The second kappa shape index (κ2) is 5.94. The molecular formula is C16H21NO2S. The summed E-state index contributed by atoms with van der Waals surface area (Å²) in [5.74, 6) is 0.766. The highest BCUT2D eigenvalue weighted by molar-refractivity contribution is 7.09. The van der Waals surface area contributed by atoms with Crippen LogP contribution in [0.5, 0.6) is 5.75 Å². The van der Waals surface area contributed by atoms with E-state index in [1.165, 1.54) is 0 Å². The van der Waals surface area contributed by atoms with E-state index in [-0.39, 0.29) is 12.0 Å². The number of benzene rings is 1. The molecule has 0 aliphatic rings. The van der Waals surface area contributed by atoms with E-state index in [9.17, 15) is 5.11 Å². The molecule has 20 heavy (non-hydrogen) atoms. The highest BCUT2D eigenvalue weighted by atomic mass is 32.1. The number of hydrogen-bond donors (Lipinski definition) is 1. The smallest absolute Gasteiger partial charge is 0.140 e. The topological polar surface area (TPSA) is 42.4 Å². The summed E-state index contributed by atoms with van der Waals surface area (Å²) >= 11 is 1.62. The van der Waals surface area contributed by atoms with Gasteiger partial charge >= 0.3 is 0 Å². The maximum absolute atomic E-state index is 9.36. The molecule has 1 aromatic carbocycles. The van der Waals surface area contributed by atoms with Gasteiger partial charge in [-0.15, -0.1) is 11.3 Å². The molecule has 4 heteroatoms. The number of ether oxygens (including phenoxy) is 1. The van der Waals surface area contributed by atoms with E-state index in [0.717, 1.165) is 27.6 Å². The normalized spacial score (nSPS) is 11.7. The third-order valence-electron chi connectivity index (χ3n) is 3.12. The van der Waals surface area contributed by atoms with Crippen molar-refractivity contribution in [3.63, 3.8) is 0 Å². The van der Waals surface area contributed by atoms with E-state index in [2.05, 4.69) is 31.1 Å². The van der Waals surface area contributed by atoms with E-state index >= 15 is 0 Å². The van der Waals surface area contributed by atoms with Crippen molar-refractivity contribution in [2.45, 2.75) is 46.3 Å². The third-order valence-corrected chi connectivity index (χ3v) is 3.95. The zero-order valence-corrected chi connectivity index (χ0v) is 13.3. The first-order valence-corrected chi connectivity index (χ1v) is 7.57. The van der Waals surface area contributed by atoms with Crippen LogP contribution in [0.25, 0.3) is 0 Å². The number of aliphatic hydroxyl groups excluding tert-OH is 1. The molecule has 0 spiro atoms. The lowest BCUT2D eigenvalue weighted by Crippen LogP contribution is -2.11. The van der Waals surface area contributed by atoms with Crippen molar-refractivity contribution in [1.29, 1.82) is 0 Å². The first-order valence-electron chi connectivity index (χ1n) is 6.69. The van der Waals surface area contributed by atoms with Crippen LogP contribution >= 0.6 is 11.3 Å². The van der Waals surface area contributed by atoms with Crippen LogP contribution in [0.4, 0.5) is 0 Å². The van der Waals surface area contributed by atoms with E-state index in [1.807, 2.05) is 25.1 Å². The van der Waals surface area contributed by atoms with Gasteiger partial charge in [0.25, 0.3) is 0 Å². The molecule has 0 fully saturated rings. The second-order valence-corrected chi connectivity index (χ2v) is 6.83. The number of aromatic nitrogens is 1. The molecule has 1 N–H and O–H groups in total. The zero-order chi connectivity index (χ0) is 14.8. The minimum absolute atomic E-state index is 0.0118. The maximum atomic E-state index is 9.36. The van der Waals surface area contributed by atoms with Crippen molar-refractivity contribution in [3.8, 4) is 5.75 Å². The predicted molar refractivity (Wildman–Crippen MR) is 82.2 cm³/mol. The molecule has 0 bridgehead atoms. The van der Waals surface area contributed by atoms with E-state index in [1.54, 1.807) is 11.3 Å². The number of rotatable bonds is 4. The molecule has 0 atom stereocenters. The minimum Gasteiger partial charge on any atom is -0.486 e. The number of hydrogen-bond acceptors (Lipinski definition) is 4. The van der Waals surface area contributed by atoms with Gasteiger partial charge < -0.3 is 9.84 Å². The van der Waals surface area contributed by atoms with Crippen molar-refractivity contribution in [1.82, 2.24) is 4.98 Å². The lowest BCUT2D eigenvalue weighted by atomic mass is 9.93. The Labute approximate surface area is 124 Å². The Balaban J connectivity index is 2.11. The van der Waals surface area contributed by atoms with Gasteiger partial charge in [0.2, 0.25) is 0 Å². The van der Waals surface area contributed by atoms with Gasteiger partial charge in [-0.1, -0.05) is 39.0 Å². The molecule has 108 valence electrons. The zero-order valence-electron chi connectivity index (χ0n) is 12.4. The molecule has 2 aromatic rings. The van der Waals surface area contributed by atoms with Crippen LogP contribution < -0.4 is 4.74 Å². The molecule has 0 unspecified atom stereocenters. The summed E-state index contributed by atoms with van der Waals surface area (Å²) in [7, 11) is 0. The number of para-hydroxylation sites is 1. The number of aliphatic hydroxyl groups is 1. The molecule has 1 aromatic heterocycles. The second-order valence-electron chi connectivity index (χ2n) is 5.89. The van der Waals surface area contributed by atoms with Gasteiger partial charge in [0, 0.05) is 16.4 Å². The molecule has 0 saturated heterocycles. The minimum atomic E-state index is -0.0118. The fraction of sp³-hybridized carbons (Fsp3) is 0.438. The van der Waals surface area contributed by atoms with Crippen LogP contribution in [0.3, 0.4) is 0 Å². The van der Waals surface area contributed by atoms with Gasteiger partial charge in [-0.05, 0) is 12.5 Å². The number of aryl methyl sites for hydroxylation is 1. The summed E-state index contributed by atoms with van der Waals surface area (Å²) in [5, 5.41) is 12.4. The van der Waals surface area contributed by atoms with Crippen molar-refractivity contribution < 1.29 is 9.84 Å². The summed E-state index contributed by atoms with van der Waals surface area (Å²) < 4.78 is 5.86. The first kappa shape index (κ1) is 15.0. The average molecular weight is 291 g/mol. The standard InChI is InChI=1S/C16H21NO2S/c1-11-6-5-7-12(8-18)15(11)19-9-14-17-13(10-20-14)16(2,3)4/h5-7,10,18H,8-9H2,1-4H3. The highest BCUT2D eigenvalue weighted by Gasteiger charge is 2.17. The summed E-state index contributed by atoms with van der Waals surface area (Å²) in [6.45, 7) is 8.87. The SMILES string of the molecule is Cc1cccc(CO)c1OCc1nc(C(C)(C)C)cs1. The predicted octanol–water partition coefficient (Wildman–Crippen LogP) is 3.82. The third kappa shape index (κ3) is 3.38. The van der Waals surface area contributed by atoms with Gasteiger partial charge in [0.1, 0.15) is 17.4 Å². The number of nitrogens with zero attached hydrogens (tertiary/aromatic N) is 1. The van der Waals surface area contributed by atoms with Gasteiger partial charge in [-0.2, -0.15) is 0 Å². The van der Waals surface area contributed by atoms with Crippen LogP contribution in [-0.2, 0) is 18.6 Å². The van der Waals surface area contributed by atoms with Gasteiger partial charge in [-0.3, -0.25) is 0 Å². The quantitative estimate of drug-likeness (QED) is 0.931. The highest BCUT2D eigenvalue weighted by Crippen LogP contribution is 2.27. The summed E-state index contributed by atoms with van der Waals surface area (Å²) in [6, 6.07) is 5.79.